The van der Waals surface area contributed by atoms with Crippen LogP contribution in [0.5, 0.6) is 0 Å². The fourth-order valence-electron chi connectivity index (χ4n) is 3.91. The number of hydrogen-bond donors (Lipinski definition) is 1. The number of aliphatic imine (C=N–C) groups is 1. The first-order valence-corrected chi connectivity index (χ1v) is 9.11. The molecule has 0 aromatic carbocycles. The highest BCUT2D eigenvalue weighted by atomic mass is 32.2. The molecule has 2 aliphatic carbocycles. The summed E-state index contributed by atoms with van der Waals surface area (Å²) in [5.74, 6) is 2.20. The molecule has 2 saturated carbocycles. The van der Waals surface area contributed by atoms with Crippen LogP contribution in [0.3, 0.4) is 0 Å². The van der Waals surface area contributed by atoms with Crippen LogP contribution in [0.2, 0.25) is 0 Å². The van der Waals surface area contributed by atoms with E-state index in [1.807, 2.05) is 11.8 Å². The molecule has 2 nitrogen and oxygen atoms in total. The first-order chi connectivity index (χ1) is 9.15. The third-order valence-electron chi connectivity index (χ3n) is 5.38. The Balaban J connectivity index is 1.66. The maximum absolute atomic E-state index is 5.11. The van der Waals surface area contributed by atoms with E-state index in [9.17, 15) is 0 Å². The van der Waals surface area contributed by atoms with Gasteiger partial charge in [0.1, 0.15) is 0 Å². The summed E-state index contributed by atoms with van der Waals surface area (Å²) < 4.78 is 0. The third-order valence-corrected chi connectivity index (χ3v) is 6.47. The van der Waals surface area contributed by atoms with Gasteiger partial charge in [-0.1, -0.05) is 51.3 Å². The summed E-state index contributed by atoms with van der Waals surface area (Å²) in [6.45, 7) is 4.80. The number of fused-ring (bicyclic) bond motifs is 1. The summed E-state index contributed by atoms with van der Waals surface area (Å²) in [6.07, 6.45) is 11.0. The molecule has 3 heteroatoms. The molecule has 1 N–H and O–H groups in total. The first-order valence-electron chi connectivity index (χ1n) is 8.12. The highest BCUT2D eigenvalue weighted by Crippen LogP contribution is 2.39. The number of nitrogens with zero attached hydrogens (tertiary/aromatic N) is 1. The van der Waals surface area contributed by atoms with Gasteiger partial charge in [0.05, 0.1) is 6.04 Å². The van der Waals surface area contributed by atoms with E-state index < -0.39 is 0 Å². The Hall–Kier alpha value is -0.180. The Kier molecular flexibility index (Phi) is 4.11. The van der Waals surface area contributed by atoms with Crippen molar-refractivity contribution in [2.45, 2.75) is 77.3 Å². The van der Waals surface area contributed by atoms with Gasteiger partial charge in [-0.05, 0) is 37.0 Å². The van der Waals surface area contributed by atoms with Gasteiger partial charge in [0.2, 0.25) is 0 Å². The van der Waals surface area contributed by atoms with Gasteiger partial charge in [-0.25, -0.2) is 0 Å². The molecule has 3 atom stereocenters. The topological polar surface area (TPSA) is 24.4 Å². The highest BCUT2D eigenvalue weighted by Gasteiger charge is 2.34. The molecule has 3 rings (SSSR count). The molecule has 0 bridgehead atoms. The van der Waals surface area contributed by atoms with Crippen molar-refractivity contribution >= 4 is 16.9 Å². The van der Waals surface area contributed by atoms with Crippen LogP contribution in [0, 0.1) is 11.3 Å². The van der Waals surface area contributed by atoms with E-state index in [0.29, 0.717) is 11.5 Å². The number of nitrogens with one attached hydrogen (secondary N) is 1. The second kappa shape index (κ2) is 5.67. The summed E-state index contributed by atoms with van der Waals surface area (Å²) in [6, 6.07) is 1.26. The second-order valence-corrected chi connectivity index (χ2v) is 8.30. The zero-order valence-corrected chi connectivity index (χ0v) is 13.3. The van der Waals surface area contributed by atoms with E-state index >= 15 is 0 Å². The fraction of sp³-hybridized carbons (Fsp3) is 0.938. The van der Waals surface area contributed by atoms with Crippen LogP contribution < -0.4 is 5.32 Å². The van der Waals surface area contributed by atoms with Gasteiger partial charge in [-0.2, -0.15) is 0 Å². The van der Waals surface area contributed by atoms with Crippen molar-refractivity contribution in [1.29, 1.82) is 0 Å². The number of rotatable bonds is 1. The molecule has 0 radical (unpaired) electrons. The minimum Gasteiger partial charge on any atom is -0.362 e. The van der Waals surface area contributed by atoms with Crippen LogP contribution in [0.1, 0.15) is 65.2 Å². The molecule has 3 fully saturated rings. The monoisotopic (exact) mass is 280 g/mol. The van der Waals surface area contributed by atoms with Gasteiger partial charge in [0.15, 0.2) is 5.17 Å². The molecule has 108 valence electrons. The van der Waals surface area contributed by atoms with E-state index in [4.69, 9.17) is 4.99 Å². The van der Waals surface area contributed by atoms with E-state index in [0.717, 1.165) is 12.0 Å². The van der Waals surface area contributed by atoms with Gasteiger partial charge in [0, 0.05) is 11.8 Å². The van der Waals surface area contributed by atoms with Gasteiger partial charge in [-0.15, -0.1) is 0 Å². The van der Waals surface area contributed by atoms with Crippen molar-refractivity contribution in [2.75, 3.05) is 5.75 Å². The normalized spacial score (nSPS) is 40.5. The number of thioether (sulfide) groups is 1. The van der Waals surface area contributed by atoms with Gasteiger partial charge >= 0.3 is 0 Å². The van der Waals surface area contributed by atoms with Crippen LogP contribution >= 0.6 is 11.8 Å². The zero-order chi connectivity index (χ0) is 13.3. The van der Waals surface area contributed by atoms with E-state index in [1.165, 1.54) is 62.3 Å². The average molecular weight is 280 g/mol. The lowest BCUT2D eigenvalue weighted by molar-refractivity contribution is 0.203. The molecule has 3 unspecified atom stereocenters. The second-order valence-electron chi connectivity index (χ2n) is 7.29. The van der Waals surface area contributed by atoms with Gasteiger partial charge < -0.3 is 5.32 Å². The molecule has 0 aromatic heterocycles. The molecule has 1 aliphatic heterocycles. The average Bonchev–Trinajstić information content (AvgIpc) is 2.41. The van der Waals surface area contributed by atoms with Crippen molar-refractivity contribution in [3.8, 4) is 0 Å². The maximum Gasteiger partial charge on any atom is 0.157 e. The molecule has 0 amide bonds. The van der Waals surface area contributed by atoms with E-state index in [2.05, 4.69) is 19.2 Å². The minimum atomic E-state index is 0.400. The molecule has 3 aliphatic rings. The Labute approximate surface area is 122 Å². The molecule has 1 saturated heterocycles. The van der Waals surface area contributed by atoms with Crippen LogP contribution in [0.4, 0.5) is 0 Å². The minimum absolute atomic E-state index is 0.400. The highest BCUT2D eigenvalue weighted by molar-refractivity contribution is 8.13. The molecular formula is C16H28N2S. The molecule has 0 aromatic rings. The van der Waals surface area contributed by atoms with Crippen LogP contribution in [0.15, 0.2) is 4.99 Å². The maximum atomic E-state index is 5.11. The van der Waals surface area contributed by atoms with Gasteiger partial charge in [0.25, 0.3) is 0 Å². The third kappa shape index (κ3) is 3.12. The summed E-state index contributed by atoms with van der Waals surface area (Å²) >= 11 is 1.98. The van der Waals surface area contributed by atoms with Crippen LogP contribution in [-0.2, 0) is 0 Å². The Morgan fingerprint density at radius 1 is 1.11 bits per heavy atom. The quantitative estimate of drug-likeness (QED) is 0.778. The van der Waals surface area contributed by atoms with Crippen molar-refractivity contribution < 1.29 is 0 Å². The predicted octanol–water partition coefficient (Wildman–Crippen LogP) is 4.21. The lowest BCUT2D eigenvalue weighted by Crippen LogP contribution is -2.47. The fourth-order valence-corrected chi connectivity index (χ4v) is 5.12. The van der Waals surface area contributed by atoms with Crippen LogP contribution in [0.25, 0.3) is 0 Å². The summed E-state index contributed by atoms with van der Waals surface area (Å²) in [7, 11) is 0. The molecular weight excluding hydrogens is 252 g/mol. The van der Waals surface area contributed by atoms with E-state index in [1.54, 1.807) is 0 Å². The number of hydrogen-bond acceptors (Lipinski definition) is 2. The first kappa shape index (κ1) is 13.8. The smallest absolute Gasteiger partial charge is 0.157 e. The molecule has 0 spiro atoms. The summed E-state index contributed by atoms with van der Waals surface area (Å²) in [5, 5.41) is 5.01. The Morgan fingerprint density at radius 2 is 1.89 bits per heavy atom. The predicted molar refractivity (Wildman–Crippen MR) is 84.8 cm³/mol. The van der Waals surface area contributed by atoms with Gasteiger partial charge in [-0.3, -0.25) is 4.99 Å². The lowest BCUT2D eigenvalue weighted by Gasteiger charge is -2.40. The van der Waals surface area contributed by atoms with Crippen molar-refractivity contribution in [1.82, 2.24) is 5.32 Å². The molecule has 19 heavy (non-hydrogen) atoms. The standard InChI is InChI=1S/C16H28N2S/c1-16(2)10-6-5-9-14(16)18-15-17-13-8-4-3-7-12(13)11-19-15/h12-14H,3-11H2,1-2H3,(H,17,18). The molecule has 1 heterocycles. The lowest BCUT2D eigenvalue weighted by atomic mass is 9.73. The SMILES string of the molecule is CC1(C)CCCCC1N=C1NC2CCCCC2CS1. The number of amidine groups is 1. The largest absolute Gasteiger partial charge is 0.362 e. The summed E-state index contributed by atoms with van der Waals surface area (Å²) in [4.78, 5) is 5.11. The Morgan fingerprint density at radius 3 is 2.74 bits per heavy atom. The van der Waals surface area contributed by atoms with Crippen LogP contribution in [-0.4, -0.2) is 23.0 Å². The zero-order valence-electron chi connectivity index (χ0n) is 12.5. The Bertz CT molecular complexity index is 351. The van der Waals surface area contributed by atoms with E-state index in [-0.39, 0.29) is 0 Å². The van der Waals surface area contributed by atoms with Crippen molar-refractivity contribution in [3.05, 3.63) is 0 Å². The summed E-state index contributed by atoms with van der Waals surface area (Å²) in [5.41, 5.74) is 0.400. The van der Waals surface area contributed by atoms with Crippen molar-refractivity contribution in [3.63, 3.8) is 0 Å². The van der Waals surface area contributed by atoms with Crippen molar-refractivity contribution in [2.24, 2.45) is 16.3 Å².